The lowest BCUT2D eigenvalue weighted by molar-refractivity contribution is -0.142. The summed E-state index contributed by atoms with van der Waals surface area (Å²) in [6.45, 7) is 5.81. The fourth-order valence-electron chi connectivity index (χ4n) is 1.62. The molecule has 0 aliphatic carbocycles. The number of aliphatic imine (C=N–C) groups is 1. The maximum absolute atomic E-state index is 12.8. The van der Waals surface area contributed by atoms with E-state index < -0.39 is 11.9 Å². The van der Waals surface area contributed by atoms with E-state index >= 15 is 0 Å². The van der Waals surface area contributed by atoms with E-state index in [1.54, 1.807) is 7.05 Å². The van der Waals surface area contributed by atoms with Crippen molar-refractivity contribution < 1.29 is 13.2 Å². The highest BCUT2D eigenvalue weighted by atomic mass is 19.4. The Morgan fingerprint density at radius 2 is 1.95 bits per heavy atom. The van der Waals surface area contributed by atoms with Crippen LogP contribution in [0.2, 0.25) is 0 Å². The van der Waals surface area contributed by atoms with Crippen molar-refractivity contribution in [2.45, 2.75) is 39.0 Å². The Bertz CT molecular complexity index is 482. The van der Waals surface area contributed by atoms with Gasteiger partial charge in [-0.05, 0) is 20.8 Å². The first kappa shape index (κ1) is 16.3. The third-order valence-electron chi connectivity index (χ3n) is 2.34. The number of halogens is 3. The molecule has 0 unspecified atom stereocenters. The number of rotatable bonds is 2. The molecule has 114 valence electrons. The van der Waals surface area contributed by atoms with E-state index in [4.69, 9.17) is 0 Å². The molecule has 1 heterocycles. The highest BCUT2D eigenvalue weighted by Crippen LogP contribution is 2.30. The molecule has 0 spiro atoms. The predicted octanol–water partition coefficient (Wildman–Crippen LogP) is 1.90. The van der Waals surface area contributed by atoms with Gasteiger partial charge in [0.15, 0.2) is 11.7 Å². The Balaban J connectivity index is 2.80. The van der Waals surface area contributed by atoms with Crippen LogP contribution in [-0.2, 0) is 19.8 Å². The summed E-state index contributed by atoms with van der Waals surface area (Å²) in [5.41, 5.74) is -1.03. The third kappa shape index (κ3) is 4.75. The summed E-state index contributed by atoms with van der Waals surface area (Å²) in [5, 5.41) is 9.38. The number of hydrogen-bond acceptors (Lipinski definition) is 2. The van der Waals surface area contributed by atoms with Crippen LogP contribution in [0.3, 0.4) is 0 Å². The van der Waals surface area contributed by atoms with Crippen molar-refractivity contribution in [1.82, 2.24) is 20.4 Å². The Labute approximate surface area is 116 Å². The van der Waals surface area contributed by atoms with Gasteiger partial charge in [-0.25, -0.2) is 0 Å². The largest absolute Gasteiger partial charge is 0.435 e. The normalized spacial score (nSPS) is 13.5. The second-order valence-corrected chi connectivity index (χ2v) is 5.48. The van der Waals surface area contributed by atoms with Crippen LogP contribution in [-0.4, -0.2) is 28.3 Å². The van der Waals surface area contributed by atoms with Crippen molar-refractivity contribution in [3.63, 3.8) is 0 Å². The topological polar surface area (TPSA) is 54.2 Å². The van der Waals surface area contributed by atoms with Gasteiger partial charge in [0, 0.05) is 37.9 Å². The highest BCUT2D eigenvalue weighted by Gasteiger charge is 2.36. The van der Waals surface area contributed by atoms with Gasteiger partial charge < -0.3 is 10.6 Å². The molecule has 8 heteroatoms. The molecule has 2 N–H and O–H groups in total. The fraction of sp³-hybridized carbons (Fsp3) is 0.667. The average molecular weight is 291 g/mol. The summed E-state index contributed by atoms with van der Waals surface area (Å²) in [6, 6.07) is 0. The molecule has 0 saturated carbocycles. The summed E-state index contributed by atoms with van der Waals surface area (Å²) in [6.07, 6.45) is -3.11. The number of aromatic nitrogens is 2. The molecule has 0 radical (unpaired) electrons. The van der Waals surface area contributed by atoms with Crippen molar-refractivity contribution in [2.75, 3.05) is 7.05 Å². The van der Waals surface area contributed by atoms with Crippen LogP contribution in [0.5, 0.6) is 0 Å². The first-order valence-corrected chi connectivity index (χ1v) is 6.11. The van der Waals surface area contributed by atoms with Crippen LogP contribution < -0.4 is 10.6 Å². The van der Waals surface area contributed by atoms with Gasteiger partial charge in [-0.2, -0.15) is 18.3 Å². The first-order chi connectivity index (χ1) is 9.03. The van der Waals surface area contributed by atoms with Crippen molar-refractivity contribution >= 4 is 5.96 Å². The van der Waals surface area contributed by atoms with Gasteiger partial charge in [-0.15, -0.1) is 0 Å². The number of nitrogens with zero attached hydrogens (tertiary/aromatic N) is 3. The lowest BCUT2D eigenvalue weighted by atomic mass is 10.1. The lowest BCUT2D eigenvalue weighted by Crippen LogP contribution is -2.47. The minimum Gasteiger partial charge on any atom is -0.352 e. The van der Waals surface area contributed by atoms with Gasteiger partial charge in [0.1, 0.15) is 0 Å². The predicted molar refractivity (Wildman–Crippen MR) is 71.3 cm³/mol. The lowest BCUT2D eigenvalue weighted by Gasteiger charge is -2.23. The minimum atomic E-state index is -4.46. The summed E-state index contributed by atoms with van der Waals surface area (Å²) in [5.74, 6) is 0.439. The molecule has 0 aliphatic heterocycles. The molecular formula is C12H20F3N5. The average Bonchev–Trinajstić information content (AvgIpc) is 2.64. The fourth-order valence-corrected chi connectivity index (χ4v) is 1.62. The molecule has 0 bridgehead atoms. The summed E-state index contributed by atoms with van der Waals surface area (Å²) >= 11 is 0. The van der Waals surface area contributed by atoms with Crippen molar-refractivity contribution in [3.8, 4) is 0 Å². The molecular weight excluding hydrogens is 271 g/mol. The maximum atomic E-state index is 12.8. The van der Waals surface area contributed by atoms with Gasteiger partial charge in [0.05, 0.1) is 0 Å². The molecule has 0 amide bonds. The van der Waals surface area contributed by atoms with E-state index in [0.29, 0.717) is 5.96 Å². The van der Waals surface area contributed by atoms with Crippen molar-refractivity contribution in [3.05, 3.63) is 17.5 Å². The quantitative estimate of drug-likeness (QED) is 0.646. The van der Waals surface area contributed by atoms with Crippen LogP contribution in [0.4, 0.5) is 13.2 Å². The number of nitrogens with one attached hydrogen (secondary N) is 2. The first-order valence-electron chi connectivity index (χ1n) is 6.11. The molecule has 20 heavy (non-hydrogen) atoms. The van der Waals surface area contributed by atoms with E-state index in [1.165, 1.54) is 13.2 Å². The smallest absolute Gasteiger partial charge is 0.352 e. The van der Waals surface area contributed by atoms with Crippen molar-refractivity contribution in [2.24, 2.45) is 12.0 Å². The Kier molecular flexibility index (Phi) is 4.67. The Morgan fingerprint density at radius 3 is 2.40 bits per heavy atom. The van der Waals surface area contributed by atoms with Gasteiger partial charge in [0.2, 0.25) is 0 Å². The van der Waals surface area contributed by atoms with Gasteiger partial charge in [0.25, 0.3) is 0 Å². The van der Waals surface area contributed by atoms with Gasteiger partial charge >= 0.3 is 6.18 Å². The second kappa shape index (κ2) is 5.72. The van der Waals surface area contributed by atoms with Crippen LogP contribution in [0.25, 0.3) is 0 Å². The van der Waals surface area contributed by atoms with E-state index in [0.717, 1.165) is 4.68 Å². The second-order valence-electron chi connectivity index (χ2n) is 5.48. The third-order valence-corrected chi connectivity index (χ3v) is 2.34. The Hall–Kier alpha value is -1.73. The SMILES string of the molecule is CN=C(NCc1cn(C)nc1C(F)(F)F)NC(C)(C)C. The van der Waals surface area contributed by atoms with Crippen LogP contribution in [0.1, 0.15) is 32.0 Å². The van der Waals surface area contributed by atoms with Crippen molar-refractivity contribution in [1.29, 1.82) is 0 Å². The molecule has 0 aliphatic rings. The van der Waals surface area contributed by atoms with E-state index in [1.807, 2.05) is 20.8 Å². The zero-order valence-corrected chi connectivity index (χ0v) is 12.3. The van der Waals surface area contributed by atoms with Crippen LogP contribution in [0.15, 0.2) is 11.2 Å². The zero-order valence-electron chi connectivity index (χ0n) is 12.3. The molecule has 0 saturated heterocycles. The Morgan fingerprint density at radius 1 is 1.35 bits per heavy atom. The van der Waals surface area contributed by atoms with E-state index in [-0.39, 0.29) is 17.6 Å². The van der Waals surface area contributed by atoms with E-state index in [9.17, 15) is 13.2 Å². The van der Waals surface area contributed by atoms with Crippen LogP contribution in [0, 0.1) is 0 Å². The molecule has 5 nitrogen and oxygen atoms in total. The number of hydrogen-bond donors (Lipinski definition) is 2. The molecule has 1 aromatic heterocycles. The number of alkyl halides is 3. The zero-order chi connectivity index (χ0) is 15.6. The number of aryl methyl sites for hydroxylation is 1. The molecule has 1 rings (SSSR count). The monoisotopic (exact) mass is 291 g/mol. The summed E-state index contributed by atoms with van der Waals surface area (Å²) in [4.78, 5) is 3.97. The molecule has 0 atom stereocenters. The highest BCUT2D eigenvalue weighted by molar-refractivity contribution is 5.80. The molecule has 1 aromatic rings. The number of guanidine groups is 1. The van der Waals surface area contributed by atoms with Crippen LogP contribution >= 0.6 is 0 Å². The minimum absolute atomic E-state index is 0.00155. The van der Waals surface area contributed by atoms with Gasteiger partial charge in [-0.3, -0.25) is 9.67 Å². The standard InChI is InChI=1S/C12H20F3N5/c1-11(2,3)18-10(16-4)17-6-8-7-20(5)19-9(8)12(13,14)15/h7H,6H2,1-5H3,(H2,16,17,18). The van der Waals surface area contributed by atoms with E-state index in [2.05, 4.69) is 20.7 Å². The summed E-state index contributed by atoms with van der Waals surface area (Å²) < 4.78 is 39.5. The molecule has 0 fully saturated rings. The van der Waals surface area contributed by atoms with Gasteiger partial charge in [-0.1, -0.05) is 0 Å². The maximum Gasteiger partial charge on any atom is 0.435 e. The summed E-state index contributed by atoms with van der Waals surface area (Å²) in [7, 11) is 3.02. The molecule has 0 aromatic carbocycles.